The lowest BCUT2D eigenvalue weighted by Gasteiger charge is -2.16. The number of hydrogen-bond donors (Lipinski definition) is 1. The number of aryl methyl sites for hydroxylation is 1. The van der Waals surface area contributed by atoms with Gasteiger partial charge in [-0.1, -0.05) is 18.2 Å². The Hall–Kier alpha value is -1.40. The molecule has 2 heterocycles. The molecule has 2 aromatic rings. The van der Waals surface area contributed by atoms with Crippen molar-refractivity contribution in [2.45, 2.75) is 18.9 Å². The summed E-state index contributed by atoms with van der Waals surface area (Å²) in [5.41, 5.74) is 8.25. The van der Waals surface area contributed by atoms with Crippen LogP contribution in [0.25, 0.3) is 10.9 Å². The maximum Gasteiger partial charge on any atom is 0.150 e. The molecule has 20 heavy (non-hydrogen) atoms. The van der Waals surface area contributed by atoms with Crippen LogP contribution >= 0.6 is 0 Å². The molecule has 6 heteroatoms. The largest absolute Gasteiger partial charge is 0.327 e. The van der Waals surface area contributed by atoms with Gasteiger partial charge in [-0.2, -0.15) is 5.10 Å². The van der Waals surface area contributed by atoms with Crippen LogP contribution in [-0.2, 0) is 23.3 Å². The molecular weight excluding hydrogens is 274 g/mol. The normalized spacial score (nSPS) is 23.2. The van der Waals surface area contributed by atoms with Crippen molar-refractivity contribution >= 4 is 20.7 Å². The second kappa shape index (κ2) is 4.86. The zero-order valence-electron chi connectivity index (χ0n) is 11.5. The van der Waals surface area contributed by atoms with Gasteiger partial charge in [0, 0.05) is 24.9 Å². The Morgan fingerprint density at radius 3 is 2.90 bits per heavy atom. The van der Waals surface area contributed by atoms with E-state index < -0.39 is 9.84 Å². The lowest BCUT2D eigenvalue weighted by atomic mass is 9.95. The van der Waals surface area contributed by atoms with Crippen LogP contribution in [0, 0.1) is 5.92 Å². The van der Waals surface area contributed by atoms with E-state index in [1.54, 1.807) is 0 Å². The molecule has 2 unspecified atom stereocenters. The molecule has 0 bridgehead atoms. The Bertz CT molecular complexity index is 736. The highest BCUT2D eigenvalue weighted by Crippen LogP contribution is 2.25. The Morgan fingerprint density at radius 2 is 2.20 bits per heavy atom. The molecule has 0 aliphatic carbocycles. The number of benzene rings is 1. The third-order valence-corrected chi connectivity index (χ3v) is 5.93. The predicted molar refractivity (Wildman–Crippen MR) is 79.2 cm³/mol. The van der Waals surface area contributed by atoms with Gasteiger partial charge in [-0.05, 0) is 18.4 Å². The van der Waals surface area contributed by atoms with Crippen LogP contribution in [-0.4, -0.2) is 35.7 Å². The van der Waals surface area contributed by atoms with Crippen LogP contribution in [0.2, 0.25) is 0 Å². The van der Waals surface area contributed by atoms with Crippen LogP contribution in [0.3, 0.4) is 0 Å². The van der Waals surface area contributed by atoms with Crippen molar-refractivity contribution in [2.24, 2.45) is 18.7 Å². The summed E-state index contributed by atoms with van der Waals surface area (Å²) in [7, 11) is -0.962. The summed E-state index contributed by atoms with van der Waals surface area (Å²) in [5.74, 6) is 0.550. The van der Waals surface area contributed by atoms with Crippen molar-refractivity contribution in [2.75, 3.05) is 11.5 Å². The summed E-state index contributed by atoms with van der Waals surface area (Å²) in [6, 6.07) is 7.88. The number of nitrogens with two attached hydrogens (primary N) is 1. The Morgan fingerprint density at radius 1 is 1.45 bits per heavy atom. The molecule has 108 valence electrons. The smallest absolute Gasteiger partial charge is 0.150 e. The van der Waals surface area contributed by atoms with E-state index >= 15 is 0 Å². The molecule has 3 rings (SSSR count). The van der Waals surface area contributed by atoms with Gasteiger partial charge in [0.25, 0.3) is 0 Å². The number of fused-ring (bicyclic) bond motifs is 1. The lowest BCUT2D eigenvalue weighted by molar-refractivity contribution is 0.457. The predicted octanol–water partition coefficient (Wildman–Crippen LogP) is 0.878. The summed E-state index contributed by atoms with van der Waals surface area (Å²) < 4.78 is 24.9. The van der Waals surface area contributed by atoms with Gasteiger partial charge in [0.05, 0.1) is 22.7 Å². The topological polar surface area (TPSA) is 78.0 Å². The molecule has 1 aromatic heterocycles. The Kier molecular flexibility index (Phi) is 3.30. The molecule has 0 spiro atoms. The average molecular weight is 293 g/mol. The maximum atomic E-state index is 11.5. The molecule has 2 N–H and O–H groups in total. The molecule has 0 amide bonds. The van der Waals surface area contributed by atoms with Gasteiger partial charge >= 0.3 is 0 Å². The maximum absolute atomic E-state index is 11.5. The zero-order chi connectivity index (χ0) is 14.3. The molecule has 2 atom stereocenters. The standard InChI is InChI=1S/C14H19N3O2S/c1-17-14-5-3-2-4-11(14)13(16-17)8-12(15)10-6-7-20(18,19)9-10/h2-5,10,12H,6-9,15H2,1H3. The molecule has 5 nitrogen and oxygen atoms in total. The first-order valence-electron chi connectivity index (χ1n) is 6.83. The highest BCUT2D eigenvalue weighted by molar-refractivity contribution is 7.91. The van der Waals surface area contributed by atoms with Crippen LogP contribution < -0.4 is 5.73 Å². The molecule has 0 radical (unpaired) electrons. The Balaban J connectivity index is 1.83. The quantitative estimate of drug-likeness (QED) is 0.911. The van der Waals surface area contributed by atoms with Gasteiger partial charge in [0.15, 0.2) is 9.84 Å². The van der Waals surface area contributed by atoms with Gasteiger partial charge < -0.3 is 5.73 Å². The number of para-hydroxylation sites is 1. The molecule has 1 aliphatic heterocycles. The van der Waals surface area contributed by atoms with E-state index in [0.717, 1.165) is 16.6 Å². The summed E-state index contributed by atoms with van der Waals surface area (Å²) in [6.07, 6.45) is 1.30. The van der Waals surface area contributed by atoms with Crippen molar-refractivity contribution in [3.05, 3.63) is 30.0 Å². The van der Waals surface area contributed by atoms with Gasteiger partial charge in [-0.25, -0.2) is 8.42 Å². The fraction of sp³-hybridized carbons (Fsp3) is 0.500. The lowest BCUT2D eigenvalue weighted by Crippen LogP contribution is -2.33. The molecule has 0 saturated carbocycles. The number of sulfone groups is 1. The van der Waals surface area contributed by atoms with Crippen LogP contribution in [0.1, 0.15) is 12.1 Å². The van der Waals surface area contributed by atoms with Crippen LogP contribution in [0.5, 0.6) is 0 Å². The second-order valence-corrected chi connectivity index (χ2v) is 7.85. The monoisotopic (exact) mass is 293 g/mol. The first-order chi connectivity index (χ1) is 9.46. The number of aromatic nitrogens is 2. The first kappa shape index (κ1) is 13.6. The van der Waals surface area contributed by atoms with Gasteiger partial charge in [0.1, 0.15) is 0 Å². The van der Waals surface area contributed by atoms with Gasteiger partial charge in [0.2, 0.25) is 0 Å². The van der Waals surface area contributed by atoms with Crippen molar-refractivity contribution in [1.82, 2.24) is 9.78 Å². The fourth-order valence-electron chi connectivity index (χ4n) is 2.99. The molecular formula is C14H19N3O2S. The number of rotatable bonds is 3. The fourth-order valence-corrected chi connectivity index (χ4v) is 4.89. The SMILES string of the molecule is Cn1nc(CC(N)C2CCS(=O)(=O)C2)c2ccccc21. The molecule has 1 fully saturated rings. The van der Waals surface area contributed by atoms with Crippen molar-refractivity contribution in [3.63, 3.8) is 0 Å². The van der Waals surface area contributed by atoms with E-state index in [0.29, 0.717) is 12.8 Å². The van der Waals surface area contributed by atoms with E-state index in [4.69, 9.17) is 5.73 Å². The van der Waals surface area contributed by atoms with Gasteiger partial charge in [-0.3, -0.25) is 4.68 Å². The third kappa shape index (κ3) is 2.45. The molecule has 1 saturated heterocycles. The number of nitrogens with zero attached hydrogens (tertiary/aromatic N) is 2. The number of hydrogen-bond acceptors (Lipinski definition) is 4. The zero-order valence-corrected chi connectivity index (χ0v) is 12.3. The van der Waals surface area contributed by atoms with Crippen molar-refractivity contribution < 1.29 is 8.42 Å². The highest BCUT2D eigenvalue weighted by atomic mass is 32.2. The van der Waals surface area contributed by atoms with E-state index in [1.165, 1.54) is 0 Å². The van der Waals surface area contributed by atoms with E-state index in [2.05, 4.69) is 5.10 Å². The van der Waals surface area contributed by atoms with Crippen LogP contribution in [0.4, 0.5) is 0 Å². The minimum Gasteiger partial charge on any atom is -0.327 e. The Labute approximate surface area is 118 Å². The van der Waals surface area contributed by atoms with Crippen molar-refractivity contribution in [3.8, 4) is 0 Å². The van der Waals surface area contributed by atoms with Gasteiger partial charge in [-0.15, -0.1) is 0 Å². The second-order valence-electron chi connectivity index (χ2n) is 5.62. The summed E-state index contributed by atoms with van der Waals surface area (Å²) in [5, 5.41) is 5.63. The summed E-state index contributed by atoms with van der Waals surface area (Å²) in [6.45, 7) is 0. The van der Waals surface area contributed by atoms with Crippen LogP contribution in [0.15, 0.2) is 24.3 Å². The molecule has 1 aromatic carbocycles. The minimum absolute atomic E-state index is 0.0563. The van der Waals surface area contributed by atoms with E-state index in [-0.39, 0.29) is 23.5 Å². The summed E-state index contributed by atoms with van der Waals surface area (Å²) >= 11 is 0. The third-order valence-electron chi connectivity index (χ3n) is 4.14. The first-order valence-corrected chi connectivity index (χ1v) is 8.65. The van der Waals surface area contributed by atoms with Crippen molar-refractivity contribution in [1.29, 1.82) is 0 Å². The average Bonchev–Trinajstić information content (AvgIpc) is 2.92. The van der Waals surface area contributed by atoms with E-state index in [1.807, 2.05) is 36.0 Å². The highest BCUT2D eigenvalue weighted by Gasteiger charge is 2.32. The molecule has 1 aliphatic rings. The van der Waals surface area contributed by atoms with E-state index in [9.17, 15) is 8.42 Å². The minimum atomic E-state index is -2.88. The summed E-state index contributed by atoms with van der Waals surface area (Å²) in [4.78, 5) is 0.